The first kappa shape index (κ1) is 9.01. The van der Waals surface area contributed by atoms with Gasteiger partial charge in [-0.3, -0.25) is 9.69 Å². The van der Waals surface area contributed by atoms with Crippen LogP contribution in [0.3, 0.4) is 0 Å². The molecule has 0 aromatic heterocycles. The molecule has 1 aliphatic heterocycles. The molecule has 0 aromatic carbocycles. The van der Waals surface area contributed by atoms with E-state index in [-0.39, 0.29) is 11.9 Å². The molecule has 1 saturated heterocycles. The Balaban J connectivity index is 2.41. The highest BCUT2D eigenvalue weighted by molar-refractivity contribution is 5.78. The van der Waals surface area contributed by atoms with Crippen LogP contribution in [0.1, 0.15) is 13.3 Å². The lowest BCUT2D eigenvalue weighted by Gasteiger charge is -2.30. The van der Waals surface area contributed by atoms with Crippen molar-refractivity contribution in [3.8, 4) is 6.07 Å². The van der Waals surface area contributed by atoms with E-state index in [2.05, 4.69) is 11.4 Å². The predicted molar refractivity (Wildman–Crippen MR) is 44.3 cm³/mol. The van der Waals surface area contributed by atoms with Crippen molar-refractivity contribution in [3.05, 3.63) is 0 Å². The summed E-state index contributed by atoms with van der Waals surface area (Å²) in [4.78, 5) is 13.0. The van der Waals surface area contributed by atoms with E-state index in [4.69, 9.17) is 5.26 Å². The maximum absolute atomic E-state index is 10.9. The summed E-state index contributed by atoms with van der Waals surface area (Å²) in [6.45, 7) is 3.97. The first-order valence-corrected chi connectivity index (χ1v) is 4.11. The summed E-state index contributed by atoms with van der Waals surface area (Å²) in [5, 5.41) is 11.2. The Morgan fingerprint density at radius 1 is 1.83 bits per heavy atom. The largest absolute Gasteiger partial charge is 0.354 e. The maximum atomic E-state index is 10.9. The minimum Gasteiger partial charge on any atom is -0.354 e. The van der Waals surface area contributed by atoms with E-state index < -0.39 is 0 Å². The quantitative estimate of drug-likeness (QED) is 0.615. The van der Waals surface area contributed by atoms with Gasteiger partial charge in [0.15, 0.2) is 0 Å². The molecule has 12 heavy (non-hydrogen) atoms. The van der Waals surface area contributed by atoms with E-state index in [1.165, 1.54) is 0 Å². The van der Waals surface area contributed by atoms with Gasteiger partial charge in [0.25, 0.3) is 0 Å². The van der Waals surface area contributed by atoms with Crippen LogP contribution in [0.5, 0.6) is 0 Å². The SMILES string of the molecule is CC(CC#N)N1CCNC(=O)C1. The van der Waals surface area contributed by atoms with Gasteiger partial charge in [0.1, 0.15) is 0 Å². The Morgan fingerprint density at radius 3 is 3.17 bits per heavy atom. The third kappa shape index (κ3) is 2.21. The zero-order valence-corrected chi connectivity index (χ0v) is 7.21. The molecule has 1 heterocycles. The summed E-state index contributed by atoms with van der Waals surface area (Å²) in [5.74, 6) is 0.0611. The molecule has 1 amide bonds. The van der Waals surface area contributed by atoms with Gasteiger partial charge >= 0.3 is 0 Å². The molecular formula is C8H13N3O. The van der Waals surface area contributed by atoms with Crippen LogP contribution in [0.4, 0.5) is 0 Å². The molecule has 0 bridgehead atoms. The van der Waals surface area contributed by atoms with E-state index in [0.29, 0.717) is 19.5 Å². The molecule has 1 N–H and O–H groups in total. The van der Waals surface area contributed by atoms with Crippen LogP contribution in [-0.4, -0.2) is 36.5 Å². The minimum absolute atomic E-state index is 0.0611. The van der Waals surface area contributed by atoms with Crippen molar-refractivity contribution in [2.24, 2.45) is 0 Å². The van der Waals surface area contributed by atoms with Crippen molar-refractivity contribution < 1.29 is 4.79 Å². The van der Waals surface area contributed by atoms with Crippen molar-refractivity contribution in [3.63, 3.8) is 0 Å². The summed E-state index contributed by atoms with van der Waals surface area (Å²) in [7, 11) is 0. The highest BCUT2D eigenvalue weighted by Crippen LogP contribution is 2.04. The van der Waals surface area contributed by atoms with Crippen LogP contribution in [-0.2, 0) is 4.79 Å². The van der Waals surface area contributed by atoms with E-state index >= 15 is 0 Å². The zero-order chi connectivity index (χ0) is 8.97. The Kier molecular flexibility index (Phi) is 3.06. The number of hydrogen-bond acceptors (Lipinski definition) is 3. The highest BCUT2D eigenvalue weighted by Gasteiger charge is 2.20. The topological polar surface area (TPSA) is 56.1 Å². The number of rotatable bonds is 2. The number of piperazine rings is 1. The van der Waals surface area contributed by atoms with E-state index in [1.54, 1.807) is 0 Å². The number of hydrogen-bond donors (Lipinski definition) is 1. The lowest BCUT2D eigenvalue weighted by atomic mass is 10.2. The first-order valence-electron chi connectivity index (χ1n) is 4.11. The standard InChI is InChI=1S/C8H13N3O/c1-7(2-3-9)11-5-4-10-8(12)6-11/h7H,2,4-6H2,1H3,(H,10,12). The maximum Gasteiger partial charge on any atom is 0.234 e. The molecule has 1 atom stereocenters. The van der Waals surface area contributed by atoms with E-state index in [9.17, 15) is 4.79 Å². The summed E-state index contributed by atoms with van der Waals surface area (Å²) >= 11 is 0. The Morgan fingerprint density at radius 2 is 2.58 bits per heavy atom. The van der Waals surface area contributed by atoms with Gasteiger partial charge in [-0.25, -0.2) is 0 Å². The Bertz CT molecular complexity index is 209. The van der Waals surface area contributed by atoms with Gasteiger partial charge in [0.2, 0.25) is 5.91 Å². The zero-order valence-electron chi connectivity index (χ0n) is 7.21. The molecule has 0 aliphatic carbocycles. The fourth-order valence-corrected chi connectivity index (χ4v) is 1.30. The molecular weight excluding hydrogens is 154 g/mol. The second-order valence-electron chi connectivity index (χ2n) is 3.03. The van der Waals surface area contributed by atoms with Crippen molar-refractivity contribution in [1.82, 2.24) is 10.2 Å². The number of nitrogens with zero attached hydrogens (tertiary/aromatic N) is 2. The van der Waals surface area contributed by atoms with Crippen LogP contribution >= 0.6 is 0 Å². The molecule has 66 valence electrons. The summed E-state index contributed by atoms with van der Waals surface area (Å²) in [6, 6.07) is 2.30. The summed E-state index contributed by atoms with van der Waals surface area (Å²) in [6.07, 6.45) is 0.493. The average Bonchev–Trinajstić information content (AvgIpc) is 2.05. The third-order valence-electron chi connectivity index (χ3n) is 2.08. The van der Waals surface area contributed by atoms with Gasteiger partial charge in [-0.2, -0.15) is 5.26 Å². The van der Waals surface area contributed by atoms with Gasteiger partial charge < -0.3 is 5.32 Å². The minimum atomic E-state index is 0.0611. The third-order valence-corrected chi connectivity index (χ3v) is 2.08. The monoisotopic (exact) mass is 167 g/mol. The number of nitrogens with one attached hydrogen (secondary N) is 1. The number of amides is 1. The van der Waals surface area contributed by atoms with Crippen molar-refractivity contribution >= 4 is 5.91 Å². The van der Waals surface area contributed by atoms with Gasteiger partial charge in [0.05, 0.1) is 19.0 Å². The van der Waals surface area contributed by atoms with Crippen LogP contribution in [0.15, 0.2) is 0 Å². The predicted octanol–water partition coefficient (Wildman–Crippen LogP) is -0.280. The highest BCUT2D eigenvalue weighted by atomic mass is 16.2. The van der Waals surface area contributed by atoms with Crippen LogP contribution in [0.25, 0.3) is 0 Å². The normalized spacial score (nSPS) is 21.2. The number of carbonyl (C=O) groups is 1. The molecule has 0 spiro atoms. The average molecular weight is 167 g/mol. The molecule has 0 radical (unpaired) electrons. The first-order chi connectivity index (χ1) is 5.74. The smallest absolute Gasteiger partial charge is 0.234 e. The lowest BCUT2D eigenvalue weighted by Crippen LogP contribution is -2.50. The van der Waals surface area contributed by atoms with Crippen LogP contribution in [0.2, 0.25) is 0 Å². The fraction of sp³-hybridized carbons (Fsp3) is 0.750. The van der Waals surface area contributed by atoms with Gasteiger partial charge in [-0.1, -0.05) is 0 Å². The summed E-state index contributed by atoms with van der Waals surface area (Å²) in [5.41, 5.74) is 0. The van der Waals surface area contributed by atoms with E-state index in [0.717, 1.165) is 6.54 Å². The van der Waals surface area contributed by atoms with Gasteiger partial charge in [0, 0.05) is 19.1 Å². The molecule has 1 rings (SSSR count). The molecule has 0 aromatic rings. The molecule has 1 fully saturated rings. The molecule has 1 aliphatic rings. The number of carbonyl (C=O) groups excluding carboxylic acids is 1. The summed E-state index contributed by atoms with van der Waals surface area (Å²) < 4.78 is 0. The Labute approximate surface area is 72.2 Å². The molecule has 4 nitrogen and oxygen atoms in total. The van der Waals surface area contributed by atoms with Crippen molar-refractivity contribution in [2.75, 3.05) is 19.6 Å². The molecule has 0 saturated carbocycles. The van der Waals surface area contributed by atoms with Crippen molar-refractivity contribution in [1.29, 1.82) is 5.26 Å². The fourth-order valence-electron chi connectivity index (χ4n) is 1.30. The van der Waals surface area contributed by atoms with Gasteiger partial charge in [-0.05, 0) is 6.92 Å². The van der Waals surface area contributed by atoms with E-state index in [1.807, 2.05) is 11.8 Å². The Hall–Kier alpha value is -1.08. The van der Waals surface area contributed by atoms with Gasteiger partial charge in [-0.15, -0.1) is 0 Å². The van der Waals surface area contributed by atoms with Crippen LogP contribution in [0, 0.1) is 11.3 Å². The second-order valence-corrected chi connectivity index (χ2v) is 3.03. The van der Waals surface area contributed by atoms with Crippen molar-refractivity contribution in [2.45, 2.75) is 19.4 Å². The molecule has 4 heteroatoms. The molecule has 1 unspecified atom stereocenters. The number of nitriles is 1. The van der Waals surface area contributed by atoms with Crippen LogP contribution < -0.4 is 5.32 Å². The lowest BCUT2D eigenvalue weighted by molar-refractivity contribution is -0.124. The second kappa shape index (κ2) is 4.07.